The predicted molar refractivity (Wildman–Crippen MR) is 45.1 cm³/mol. The van der Waals surface area contributed by atoms with Crippen molar-refractivity contribution in [2.45, 2.75) is 13.3 Å². The first-order valence-electron chi connectivity index (χ1n) is 3.67. The zero-order valence-corrected chi connectivity index (χ0v) is 8.45. The first-order chi connectivity index (χ1) is 5.29. The van der Waals surface area contributed by atoms with Gasteiger partial charge in [-0.3, -0.25) is 0 Å². The minimum atomic E-state index is 0. The number of rotatable bonds is 3. The molecule has 0 aliphatic carbocycles. The van der Waals surface area contributed by atoms with Crippen molar-refractivity contribution < 1.29 is 25.2 Å². The van der Waals surface area contributed by atoms with Gasteiger partial charge in [0.25, 0.3) is 0 Å². The zero-order valence-electron chi connectivity index (χ0n) is 6.90. The van der Waals surface area contributed by atoms with E-state index in [1.807, 2.05) is 30.3 Å². The van der Waals surface area contributed by atoms with Gasteiger partial charge in [0.1, 0.15) is 0 Å². The molecule has 0 aliphatic rings. The average molecular weight is 254 g/mol. The van der Waals surface area contributed by atoms with E-state index in [9.17, 15) is 4.79 Å². The van der Waals surface area contributed by atoms with E-state index in [0.29, 0.717) is 0 Å². The van der Waals surface area contributed by atoms with Crippen LogP contribution in [0.2, 0.25) is 0 Å². The Hall–Kier alpha value is -0.578. The van der Waals surface area contributed by atoms with E-state index >= 15 is 0 Å². The van der Waals surface area contributed by atoms with Crippen LogP contribution in [0.5, 0.6) is 0 Å². The molecule has 1 aromatic rings. The summed E-state index contributed by atoms with van der Waals surface area (Å²) in [6.45, 7) is 1.57. The molecule has 0 saturated carbocycles. The van der Waals surface area contributed by atoms with Crippen molar-refractivity contribution in [1.82, 2.24) is 0 Å². The molecule has 0 amide bonds. The smallest absolute Gasteiger partial charge is 0 e. The number of Topliss-reactive ketones (excluding diaryl/α,β-unsaturated/α-hetero) is 1. The molecular weight excluding hydrogens is 243 g/mol. The van der Waals surface area contributed by atoms with Crippen molar-refractivity contribution in [3.63, 3.8) is 0 Å². The summed E-state index contributed by atoms with van der Waals surface area (Å²) < 4.78 is 0. The molecule has 0 N–H and O–H groups in total. The number of carbonyl (C=O) groups is 1. The van der Waals surface area contributed by atoms with Crippen LogP contribution in [0.1, 0.15) is 12.5 Å². The first-order valence-corrected chi connectivity index (χ1v) is 3.67. The van der Waals surface area contributed by atoms with Gasteiger partial charge in [-0.2, -0.15) is 0 Å². The molecule has 0 atom stereocenters. The van der Waals surface area contributed by atoms with Crippen LogP contribution >= 0.6 is 0 Å². The molecule has 2 heteroatoms. The summed E-state index contributed by atoms with van der Waals surface area (Å²) in [6.07, 6.45) is 2.44. The van der Waals surface area contributed by atoms with Crippen LogP contribution in [0.3, 0.4) is 0 Å². The summed E-state index contributed by atoms with van der Waals surface area (Å²) in [6, 6.07) is 9.95. The standard InChI is InChI=1S/C10H11O.Pd/c1-9(11)7-8-10-5-3-2-4-6-10;/h2-7H,8H2,1H3;/q-1;. The van der Waals surface area contributed by atoms with Gasteiger partial charge in [0, 0.05) is 20.4 Å². The van der Waals surface area contributed by atoms with Crippen LogP contribution < -0.4 is 0 Å². The van der Waals surface area contributed by atoms with Gasteiger partial charge >= 0.3 is 0 Å². The number of carbonyl (C=O) groups excluding carboxylic acids is 1. The Labute approximate surface area is 86.8 Å². The molecule has 0 radical (unpaired) electrons. The maximum absolute atomic E-state index is 10.6. The third-order valence-electron chi connectivity index (χ3n) is 1.47. The molecule has 1 nitrogen and oxygen atoms in total. The number of ketones is 1. The molecule has 1 rings (SSSR count). The average Bonchev–Trinajstić information content (AvgIpc) is 2.03. The maximum atomic E-state index is 10.6. The summed E-state index contributed by atoms with van der Waals surface area (Å²) in [5.74, 6) is 0.133. The van der Waals surface area contributed by atoms with Crippen molar-refractivity contribution in [3.8, 4) is 0 Å². The number of hydrogen-bond donors (Lipinski definition) is 0. The Morgan fingerprint density at radius 1 is 1.33 bits per heavy atom. The second kappa shape index (κ2) is 6.00. The van der Waals surface area contributed by atoms with Crippen molar-refractivity contribution in [2.75, 3.05) is 0 Å². The van der Waals surface area contributed by atoms with Gasteiger partial charge in [0.15, 0.2) is 0 Å². The Kier molecular flexibility index (Phi) is 5.71. The van der Waals surface area contributed by atoms with Crippen molar-refractivity contribution in [1.29, 1.82) is 0 Å². The summed E-state index contributed by atoms with van der Waals surface area (Å²) in [7, 11) is 0. The van der Waals surface area contributed by atoms with Crippen LogP contribution in [0, 0.1) is 6.42 Å². The van der Waals surface area contributed by atoms with Gasteiger partial charge in [0.05, 0.1) is 0 Å². The van der Waals surface area contributed by atoms with Crippen LogP contribution in [-0.2, 0) is 31.6 Å². The Bertz CT molecular complexity index is 231. The summed E-state index contributed by atoms with van der Waals surface area (Å²) in [5.41, 5.74) is 1.18. The molecular formula is C10H11OPd-. The molecule has 0 unspecified atom stereocenters. The van der Waals surface area contributed by atoms with E-state index in [0.717, 1.165) is 6.42 Å². The molecule has 0 bridgehead atoms. The Morgan fingerprint density at radius 3 is 2.42 bits per heavy atom. The van der Waals surface area contributed by atoms with Crippen molar-refractivity contribution in [3.05, 3.63) is 42.3 Å². The monoisotopic (exact) mass is 253 g/mol. The van der Waals surface area contributed by atoms with Crippen molar-refractivity contribution >= 4 is 5.78 Å². The summed E-state index contributed by atoms with van der Waals surface area (Å²) >= 11 is 0. The minimum absolute atomic E-state index is 0. The molecule has 0 saturated heterocycles. The second-order valence-corrected chi connectivity index (χ2v) is 2.50. The van der Waals surface area contributed by atoms with Crippen molar-refractivity contribution in [2.24, 2.45) is 0 Å². The largest absolute Gasteiger partial charge is 0.335 e. The Balaban J connectivity index is 0.00000121. The minimum Gasteiger partial charge on any atom is -0.335 e. The fourth-order valence-electron chi connectivity index (χ4n) is 0.876. The van der Waals surface area contributed by atoms with E-state index in [4.69, 9.17) is 0 Å². The maximum Gasteiger partial charge on any atom is 0 e. The molecule has 68 valence electrons. The van der Waals surface area contributed by atoms with Gasteiger partial charge in [-0.05, 0) is 12.7 Å². The van der Waals surface area contributed by atoms with Gasteiger partial charge in [-0.25, -0.2) is 0 Å². The molecule has 12 heavy (non-hydrogen) atoms. The van der Waals surface area contributed by atoms with E-state index in [1.165, 1.54) is 5.56 Å². The SMILES string of the molecule is CC(=O)[CH-]Cc1ccccc1.[Pd]. The fourth-order valence-corrected chi connectivity index (χ4v) is 0.876. The van der Waals surface area contributed by atoms with Crippen LogP contribution in [0.25, 0.3) is 0 Å². The van der Waals surface area contributed by atoms with Crippen LogP contribution in [0.15, 0.2) is 30.3 Å². The van der Waals surface area contributed by atoms with Gasteiger partial charge in [0.2, 0.25) is 0 Å². The van der Waals surface area contributed by atoms with E-state index in [-0.39, 0.29) is 26.2 Å². The van der Waals surface area contributed by atoms with E-state index in [2.05, 4.69) is 0 Å². The normalized spacial score (nSPS) is 8.42. The van der Waals surface area contributed by atoms with Gasteiger partial charge in [-0.1, -0.05) is 35.9 Å². The quantitative estimate of drug-likeness (QED) is 0.595. The fraction of sp³-hybridized carbons (Fsp3) is 0.200. The number of hydrogen-bond acceptors (Lipinski definition) is 1. The second-order valence-electron chi connectivity index (χ2n) is 2.50. The van der Waals surface area contributed by atoms with Crippen LogP contribution in [0.4, 0.5) is 0 Å². The number of benzene rings is 1. The molecule has 0 aliphatic heterocycles. The summed E-state index contributed by atoms with van der Waals surface area (Å²) in [4.78, 5) is 10.6. The Morgan fingerprint density at radius 2 is 1.92 bits per heavy atom. The van der Waals surface area contributed by atoms with E-state index in [1.54, 1.807) is 13.3 Å². The van der Waals surface area contributed by atoms with Gasteiger partial charge in [-0.15, -0.1) is 6.42 Å². The van der Waals surface area contributed by atoms with E-state index < -0.39 is 0 Å². The topological polar surface area (TPSA) is 17.1 Å². The third kappa shape index (κ3) is 4.33. The molecule has 0 fully saturated rings. The molecule has 1 aromatic carbocycles. The molecule has 0 heterocycles. The van der Waals surface area contributed by atoms with Gasteiger partial charge < -0.3 is 11.2 Å². The van der Waals surface area contributed by atoms with Crippen LogP contribution in [-0.4, -0.2) is 5.78 Å². The molecule has 0 spiro atoms. The molecule has 0 aromatic heterocycles. The summed E-state index contributed by atoms with van der Waals surface area (Å²) in [5, 5.41) is 0. The third-order valence-corrected chi connectivity index (χ3v) is 1.47. The zero-order chi connectivity index (χ0) is 8.10. The first kappa shape index (κ1) is 11.4. The predicted octanol–water partition coefficient (Wildman–Crippen LogP) is 2.02.